The van der Waals surface area contributed by atoms with Gasteiger partial charge in [-0.2, -0.15) is 0 Å². The Hall–Kier alpha value is -3.55. The molecule has 1 saturated heterocycles. The van der Waals surface area contributed by atoms with E-state index < -0.39 is 0 Å². The van der Waals surface area contributed by atoms with Crippen molar-refractivity contribution < 1.29 is 19.1 Å². The molecule has 0 atom stereocenters. The van der Waals surface area contributed by atoms with Crippen molar-refractivity contribution in [2.24, 2.45) is 0 Å². The summed E-state index contributed by atoms with van der Waals surface area (Å²) in [5.74, 6) is 0.807. The van der Waals surface area contributed by atoms with Gasteiger partial charge in [0, 0.05) is 50.9 Å². The van der Waals surface area contributed by atoms with Crippen molar-refractivity contribution in [3.8, 4) is 5.75 Å². The van der Waals surface area contributed by atoms with E-state index in [0.29, 0.717) is 39.3 Å². The first-order chi connectivity index (χ1) is 15.9. The largest absolute Gasteiger partial charge is 0.496 e. The van der Waals surface area contributed by atoms with Gasteiger partial charge >= 0.3 is 6.03 Å². The van der Waals surface area contributed by atoms with Crippen LogP contribution in [0, 0.1) is 0 Å². The number of carbonyl (C=O) groups excluding carboxylic acids is 3. The highest BCUT2D eigenvalue weighted by molar-refractivity contribution is 5.92. The maximum Gasteiger partial charge on any atom is 0.322 e. The van der Waals surface area contributed by atoms with Crippen LogP contribution >= 0.6 is 0 Å². The molecule has 8 heteroatoms. The van der Waals surface area contributed by atoms with Crippen LogP contribution in [0.4, 0.5) is 10.5 Å². The van der Waals surface area contributed by atoms with Gasteiger partial charge in [0.2, 0.25) is 11.8 Å². The monoisotopic (exact) mass is 452 g/mol. The molecule has 2 aromatic carbocycles. The average molecular weight is 453 g/mol. The number of ether oxygens (including phenoxy) is 1. The smallest absolute Gasteiger partial charge is 0.322 e. The van der Waals surface area contributed by atoms with Crippen molar-refractivity contribution in [3.05, 3.63) is 59.7 Å². The molecule has 0 radical (unpaired) electrons. The molecule has 2 aromatic rings. The van der Waals surface area contributed by atoms with Crippen LogP contribution in [0.3, 0.4) is 0 Å². The first-order valence-corrected chi connectivity index (χ1v) is 11.2. The molecule has 0 aliphatic carbocycles. The minimum absolute atomic E-state index is 0.0422. The van der Waals surface area contributed by atoms with Gasteiger partial charge in [-0.25, -0.2) is 4.79 Å². The number of hydrogen-bond donors (Lipinski definition) is 1. The lowest BCUT2D eigenvalue weighted by molar-refractivity contribution is -0.138. The number of amides is 4. The molecule has 0 bridgehead atoms. The van der Waals surface area contributed by atoms with E-state index in [2.05, 4.69) is 5.32 Å². The molecule has 4 amide bonds. The predicted octanol–water partition coefficient (Wildman–Crippen LogP) is 2.66. The number of para-hydroxylation sites is 1. The third-order valence-electron chi connectivity index (χ3n) is 5.78. The number of carbonyl (C=O) groups is 3. The number of hydrogen-bond acceptors (Lipinski definition) is 4. The Bertz CT molecular complexity index is 969. The summed E-state index contributed by atoms with van der Waals surface area (Å²) >= 11 is 0. The van der Waals surface area contributed by atoms with Crippen LogP contribution in [-0.2, 0) is 22.6 Å². The standard InChI is InChI=1S/C25H32N4O4/c1-4-26-25(32)29(18-21-7-5-6-8-23(21)33-3)22-11-9-20(10-12-22)17-24(31)28-15-13-27(14-16-28)19(2)30/h5-12H,4,13-18H2,1-3H3,(H,26,32). The van der Waals surface area contributed by atoms with E-state index in [0.717, 1.165) is 22.6 Å². The zero-order valence-corrected chi connectivity index (χ0v) is 19.5. The number of piperazine rings is 1. The van der Waals surface area contributed by atoms with Gasteiger partial charge in [0.05, 0.1) is 20.1 Å². The van der Waals surface area contributed by atoms with Gasteiger partial charge in [0.15, 0.2) is 0 Å². The number of nitrogens with zero attached hydrogens (tertiary/aromatic N) is 3. The molecule has 176 valence electrons. The molecule has 0 saturated carbocycles. The zero-order valence-electron chi connectivity index (χ0n) is 19.5. The Morgan fingerprint density at radius 1 is 0.970 bits per heavy atom. The fraction of sp³-hybridized carbons (Fsp3) is 0.400. The number of rotatable bonds is 7. The van der Waals surface area contributed by atoms with Crippen molar-refractivity contribution in [2.75, 3.05) is 44.7 Å². The minimum atomic E-state index is -0.199. The van der Waals surface area contributed by atoms with E-state index >= 15 is 0 Å². The zero-order chi connectivity index (χ0) is 23.8. The van der Waals surface area contributed by atoms with E-state index in [1.165, 1.54) is 0 Å². The van der Waals surface area contributed by atoms with E-state index in [1.807, 2.05) is 55.5 Å². The quantitative estimate of drug-likeness (QED) is 0.700. The highest BCUT2D eigenvalue weighted by Crippen LogP contribution is 2.24. The molecule has 3 rings (SSSR count). The summed E-state index contributed by atoms with van der Waals surface area (Å²) in [6.07, 6.45) is 0.286. The molecule has 1 N–H and O–H groups in total. The first kappa shape index (κ1) is 24.1. The molecule has 1 aliphatic heterocycles. The highest BCUT2D eigenvalue weighted by atomic mass is 16.5. The molecular formula is C25H32N4O4. The summed E-state index contributed by atoms with van der Waals surface area (Å²) in [6, 6.07) is 14.9. The van der Waals surface area contributed by atoms with E-state index in [9.17, 15) is 14.4 Å². The van der Waals surface area contributed by atoms with Crippen LogP contribution in [0.5, 0.6) is 5.75 Å². The van der Waals surface area contributed by atoms with E-state index in [1.54, 1.807) is 28.7 Å². The van der Waals surface area contributed by atoms with Crippen LogP contribution in [0.15, 0.2) is 48.5 Å². The summed E-state index contributed by atoms with van der Waals surface area (Å²) in [5, 5.41) is 2.86. The second kappa shape index (κ2) is 11.4. The lowest BCUT2D eigenvalue weighted by Gasteiger charge is -2.34. The van der Waals surface area contributed by atoms with Gasteiger partial charge in [-0.3, -0.25) is 14.5 Å². The minimum Gasteiger partial charge on any atom is -0.496 e. The molecule has 0 aromatic heterocycles. The van der Waals surface area contributed by atoms with E-state index in [-0.39, 0.29) is 24.3 Å². The lowest BCUT2D eigenvalue weighted by Crippen LogP contribution is -2.50. The lowest BCUT2D eigenvalue weighted by atomic mass is 10.1. The molecule has 1 heterocycles. The predicted molar refractivity (Wildman–Crippen MR) is 127 cm³/mol. The first-order valence-electron chi connectivity index (χ1n) is 11.2. The fourth-order valence-electron chi connectivity index (χ4n) is 3.88. The van der Waals surface area contributed by atoms with Crippen molar-refractivity contribution in [3.63, 3.8) is 0 Å². The second-order valence-corrected chi connectivity index (χ2v) is 7.96. The van der Waals surface area contributed by atoms with Gasteiger partial charge in [-0.05, 0) is 30.7 Å². The van der Waals surface area contributed by atoms with Crippen molar-refractivity contribution in [1.82, 2.24) is 15.1 Å². The number of benzene rings is 2. The Labute approximate surface area is 195 Å². The third kappa shape index (κ3) is 6.25. The van der Waals surface area contributed by atoms with Crippen molar-refractivity contribution in [2.45, 2.75) is 26.8 Å². The molecule has 0 spiro atoms. The SMILES string of the molecule is CCNC(=O)N(Cc1ccccc1OC)c1ccc(CC(=O)N2CCN(C(C)=O)CC2)cc1. The highest BCUT2D eigenvalue weighted by Gasteiger charge is 2.23. The van der Waals surface area contributed by atoms with Crippen molar-refractivity contribution >= 4 is 23.5 Å². The normalized spacial score (nSPS) is 13.4. The molecule has 0 unspecified atom stereocenters. The van der Waals surface area contributed by atoms with Gasteiger partial charge < -0.3 is 19.9 Å². The Morgan fingerprint density at radius 3 is 2.21 bits per heavy atom. The van der Waals surface area contributed by atoms with Crippen LogP contribution in [0.2, 0.25) is 0 Å². The Morgan fingerprint density at radius 2 is 1.61 bits per heavy atom. The summed E-state index contributed by atoms with van der Waals surface area (Å²) < 4.78 is 5.44. The Balaban J connectivity index is 1.69. The van der Waals surface area contributed by atoms with Crippen molar-refractivity contribution in [1.29, 1.82) is 0 Å². The summed E-state index contributed by atoms with van der Waals surface area (Å²) in [4.78, 5) is 42.2. The number of urea groups is 1. The maximum absolute atomic E-state index is 12.8. The fourth-order valence-corrected chi connectivity index (χ4v) is 3.88. The molecule has 33 heavy (non-hydrogen) atoms. The number of anilines is 1. The summed E-state index contributed by atoms with van der Waals surface area (Å²) in [5.41, 5.74) is 2.51. The summed E-state index contributed by atoms with van der Waals surface area (Å²) in [6.45, 7) is 6.57. The third-order valence-corrected chi connectivity index (χ3v) is 5.78. The van der Waals surface area contributed by atoms with Gasteiger partial charge in [-0.1, -0.05) is 30.3 Å². The molecular weight excluding hydrogens is 420 g/mol. The number of methoxy groups -OCH3 is 1. The summed E-state index contributed by atoms with van der Waals surface area (Å²) in [7, 11) is 1.61. The van der Waals surface area contributed by atoms with Crippen LogP contribution < -0.4 is 15.0 Å². The van der Waals surface area contributed by atoms with Crippen LogP contribution in [-0.4, -0.2) is 67.5 Å². The van der Waals surface area contributed by atoms with Crippen LogP contribution in [0.1, 0.15) is 25.0 Å². The average Bonchev–Trinajstić information content (AvgIpc) is 2.83. The Kier molecular flexibility index (Phi) is 8.29. The number of nitrogens with one attached hydrogen (secondary N) is 1. The topological polar surface area (TPSA) is 82.2 Å². The van der Waals surface area contributed by atoms with Gasteiger partial charge in [-0.15, -0.1) is 0 Å². The molecule has 8 nitrogen and oxygen atoms in total. The molecule has 1 aliphatic rings. The van der Waals surface area contributed by atoms with Gasteiger partial charge in [0.1, 0.15) is 5.75 Å². The van der Waals surface area contributed by atoms with Gasteiger partial charge in [0.25, 0.3) is 0 Å². The molecule has 1 fully saturated rings. The van der Waals surface area contributed by atoms with E-state index in [4.69, 9.17) is 4.74 Å². The second-order valence-electron chi connectivity index (χ2n) is 7.96. The maximum atomic E-state index is 12.8. The van der Waals surface area contributed by atoms with Crippen LogP contribution in [0.25, 0.3) is 0 Å².